The van der Waals surface area contributed by atoms with Crippen molar-refractivity contribution in [2.45, 2.75) is 44.6 Å². The Labute approximate surface area is 97.4 Å². The van der Waals surface area contributed by atoms with E-state index in [2.05, 4.69) is 10.6 Å². The van der Waals surface area contributed by atoms with Crippen LogP contribution in [0, 0.1) is 17.8 Å². The third-order valence-corrected chi connectivity index (χ3v) is 4.62. The van der Waals surface area contributed by atoms with E-state index in [0.717, 1.165) is 31.3 Å². The zero-order valence-electron chi connectivity index (χ0n) is 9.87. The Hall–Kier alpha value is -0.570. The van der Waals surface area contributed by atoms with Crippen molar-refractivity contribution >= 4 is 5.91 Å². The van der Waals surface area contributed by atoms with E-state index in [1.807, 2.05) is 0 Å². The van der Waals surface area contributed by atoms with Crippen molar-refractivity contribution in [1.82, 2.24) is 10.6 Å². The van der Waals surface area contributed by atoms with E-state index >= 15 is 0 Å². The van der Waals surface area contributed by atoms with Crippen LogP contribution in [0.15, 0.2) is 0 Å². The Balaban J connectivity index is 1.40. The SMILES string of the molecule is O=C(CC1CCCCC1)NC1C2CNCC21. The first kappa shape index (κ1) is 10.6. The number of carbonyl (C=O) groups is 1. The van der Waals surface area contributed by atoms with Crippen molar-refractivity contribution in [3.05, 3.63) is 0 Å². The largest absolute Gasteiger partial charge is 0.353 e. The molecule has 1 saturated heterocycles. The number of hydrogen-bond donors (Lipinski definition) is 2. The number of fused-ring (bicyclic) bond motifs is 1. The van der Waals surface area contributed by atoms with Crippen LogP contribution in [-0.2, 0) is 4.79 Å². The lowest BCUT2D eigenvalue weighted by Gasteiger charge is -2.21. The molecule has 0 aromatic carbocycles. The van der Waals surface area contributed by atoms with Gasteiger partial charge in [-0.1, -0.05) is 19.3 Å². The molecule has 3 fully saturated rings. The van der Waals surface area contributed by atoms with E-state index in [9.17, 15) is 4.79 Å². The van der Waals surface area contributed by atoms with Gasteiger partial charge in [0.15, 0.2) is 0 Å². The van der Waals surface area contributed by atoms with E-state index in [1.165, 1.54) is 32.1 Å². The summed E-state index contributed by atoms with van der Waals surface area (Å²) >= 11 is 0. The summed E-state index contributed by atoms with van der Waals surface area (Å²) in [5.41, 5.74) is 0. The number of nitrogens with one attached hydrogen (secondary N) is 2. The molecule has 2 saturated carbocycles. The van der Waals surface area contributed by atoms with Crippen molar-refractivity contribution in [3.63, 3.8) is 0 Å². The van der Waals surface area contributed by atoms with E-state index in [1.54, 1.807) is 0 Å². The molecule has 1 amide bonds. The molecule has 1 heterocycles. The average molecular weight is 222 g/mol. The molecule has 2 N–H and O–H groups in total. The predicted octanol–water partition coefficient (Wildman–Crippen LogP) is 1.29. The molecule has 3 nitrogen and oxygen atoms in total. The maximum absolute atomic E-state index is 11.9. The lowest BCUT2D eigenvalue weighted by atomic mass is 9.87. The van der Waals surface area contributed by atoms with Crippen molar-refractivity contribution < 1.29 is 4.79 Å². The van der Waals surface area contributed by atoms with Gasteiger partial charge in [-0.3, -0.25) is 4.79 Å². The molecule has 2 unspecified atom stereocenters. The predicted molar refractivity (Wildman–Crippen MR) is 63.0 cm³/mol. The van der Waals surface area contributed by atoms with Crippen LogP contribution in [-0.4, -0.2) is 25.0 Å². The molecule has 1 aliphatic heterocycles. The third kappa shape index (κ3) is 2.10. The van der Waals surface area contributed by atoms with Gasteiger partial charge in [-0.05, 0) is 30.6 Å². The first-order chi connectivity index (χ1) is 7.84. The lowest BCUT2D eigenvalue weighted by Crippen LogP contribution is -2.33. The molecule has 3 rings (SSSR count). The van der Waals surface area contributed by atoms with Gasteiger partial charge >= 0.3 is 0 Å². The van der Waals surface area contributed by atoms with Gasteiger partial charge in [0.05, 0.1) is 0 Å². The number of hydrogen-bond acceptors (Lipinski definition) is 2. The van der Waals surface area contributed by atoms with Crippen LogP contribution < -0.4 is 10.6 Å². The molecule has 0 aromatic heterocycles. The fraction of sp³-hybridized carbons (Fsp3) is 0.923. The first-order valence-electron chi connectivity index (χ1n) is 6.84. The van der Waals surface area contributed by atoms with E-state index < -0.39 is 0 Å². The van der Waals surface area contributed by atoms with Crippen LogP contribution in [0.1, 0.15) is 38.5 Å². The summed E-state index contributed by atoms with van der Waals surface area (Å²) in [4.78, 5) is 11.9. The van der Waals surface area contributed by atoms with Gasteiger partial charge in [-0.15, -0.1) is 0 Å². The highest BCUT2D eigenvalue weighted by Crippen LogP contribution is 2.41. The molecule has 0 aromatic rings. The molecule has 0 bridgehead atoms. The Kier molecular flexibility index (Phi) is 2.88. The van der Waals surface area contributed by atoms with Gasteiger partial charge in [0, 0.05) is 25.6 Å². The van der Waals surface area contributed by atoms with Gasteiger partial charge in [0.1, 0.15) is 0 Å². The maximum Gasteiger partial charge on any atom is 0.220 e. The Morgan fingerprint density at radius 2 is 1.81 bits per heavy atom. The minimum absolute atomic E-state index is 0.311. The van der Waals surface area contributed by atoms with Crippen LogP contribution in [0.4, 0.5) is 0 Å². The Morgan fingerprint density at radius 3 is 2.50 bits per heavy atom. The normalized spacial score (nSPS) is 38.1. The minimum Gasteiger partial charge on any atom is -0.353 e. The van der Waals surface area contributed by atoms with E-state index in [4.69, 9.17) is 0 Å². The first-order valence-corrected chi connectivity index (χ1v) is 6.84. The van der Waals surface area contributed by atoms with Gasteiger partial charge in [0.2, 0.25) is 5.91 Å². The molecule has 3 heteroatoms. The lowest BCUT2D eigenvalue weighted by molar-refractivity contribution is -0.122. The summed E-state index contributed by atoms with van der Waals surface area (Å²) in [5, 5.41) is 6.58. The highest BCUT2D eigenvalue weighted by molar-refractivity contribution is 5.77. The Bertz CT molecular complexity index is 257. The van der Waals surface area contributed by atoms with Gasteiger partial charge in [0.25, 0.3) is 0 Å². The summed E-state index contributed by atoms with van der Waals surface area (Å²) < 4.78 is 0. The summed E-state index contributed by atoms with van der Waals surface area (Å²) in [7, 11) is 0. The third-order valence-electron chi connectivity index (χ3n) is 4.62. The molecule has 16 heavy (non-hydrogen) atoms. The van der Waals surface area contributed by atoms with Gasteiger partial charge in [-0.25, -0.2) is 0 Å². The molecule has 3 aliphatic rings. The molecule has 2 aliphatic carbocycles. The highest BCUT2D eigenvalue weighted by atomic mass is 16.1. The van der Waals surface area contributed by atoms with E-state index in [0.29, 0.717) is 17.9 Å². The highest BCUT2D eigenvalue weighted by Gasteiger charge is 2.53. The Morgan fingerprint density at radius 1 is 1.12 bits per heavy atom. The minimum atomic E-state index is 0.311. The van der Waals surface area contributed by atoms with Crippen LogP contribution in [0.5, 0.6) is 0 Å². The standard InChI is InChI=1S/C13H22N2O/c16-12(6-9-4-2-1-3-5-9)15-13-10-7-14-8-11(10)13/h9-11,13-14H,1-8H2,(H,15,16). The van der Waals surface area contributed by atoms with Gasteiger partial charge in [-0.2, -0.15) is 0 Å². The summed E-state index contributed by atoms with van der Waals surface area (Å²) in [5.74, 6) is 2.47. The fourth-order valence-electron chi connectivity index (χ4n) is 3.53. The molecule has 0 spiro atoms. The average Bonchev–Trinajstić information content (AvgIpc) is 2.76. The number of carbonyl (C=O) groups excluding carboxylic acids is 1. The second-order valence-electron chi connectivity index (χ2n) is 5.79. The molecular formula is C13H22N2O. The second-order valence-corrected chi connectivity index (χ2v) is 5.79. The quantitative estimate of drug-likeness (QED) is 0.755. The molecule has 0 radical (unpaired) electrons. The second kappa shape index (κ2) is 4.36. The van der Waals surface area contributed by atoms with Crippen molar-refractivity contribution in [2.75, 3.05) is 13.1 Å². The fourth-order valence-corrected chi connectivity index (χ4v) is 3.53. The summed E-state index contributed by atoms with van der Waals surface area (Å²) in [6, 6.07) is 0.511. The van der Waals surface area contributed by atoms with Crippen molar-refractivity contribution in [1.29, 1.82) is 0 Å². The zero-order valence-corrected chi connectivity index (χ0v) is 9.87. The smallest absolute Gasteiger partial charge is 0.220 e. The van der Waals surface area contributed by atoms with Crippen molar-refractivity contribution in [3.8, 4) is 0 Å². The number of piperidine rings is 1. The molecule has 90 valence electrons. The van der Waals surface area contributed by atoms with Crippen molar-refractivity contribution in [2.24, 2.45) is 17.8 Å². The van der Waals surface area contributed by atoms with Crippen LogP contribution in [0.2, 0.25) is 0 Å². The molecular weight excluding hydrogens is 200 g/mol. The summed E-state index contributed by atoms with van der Waals surface area (Å²) in [6.07, 6.45) is 7.35. The summed E-state index contributed by atoms with van der Waals surface area (Å²) in [6.45, 7) is 2.22. The monoisotopic (exact) mass is 222 g/mol. The number of rotatable bonds is 3. The van der Waals surface area contributed by atoms with Crippen LogP contribution >= 0.6 is 0 Å². The van der Waals surface area contributed by atoms with E-state index in [-0.39, 0.29) is 0 Å². The topological polar surface area (TPSA) is 41.1 Å². The molecule has 2 atom stereocenters. The van der Waals surface area contributed by atoms with Gasteiger partial charge < -0.3 is 10.6 Å². The van der Waals surface area contributed by atoms with Crippen LogP contribution in [0.25, 0.3) is 0 Å². The number of amides is 1. The zero-order chi connectivity index (χ0) is 11.0. The maximum atomic E-state index is 11.9. The van der Waals surface area contributed by atoms with Crippen LogP contribution in [0.3, 0.4) is 0 Å².